The van der Waals surface area contributed by atoms with E-state index in [1.165, 1.54) is 116 Å². The van der Waals surface area contributed by atoms with Gasteiger partial charge in [-0.2, -0.15) is 0 Å². The number of unbranched alkanes of at least 4 members (excludes halogenated alkanes) is 15. The molecule has 0 saturated carbocycles. The van der Waals surface area contributed by atoms with Crippen molar-refractivity contribution in [1.29, 1.82) is 0 Å². The predicted molar refractivity (Wildman–Crippen MR) is 134 cm³/mol. The van der Waals surface area contributed by atoms with Crippen molar-refractivity contribution in [2.45, 2.75) is 136 Å². The molecule has 168 valence electrons. The molecule has 2 heteroatoms. The fraction of sp³-hybridized carbons (Fsp3) is 1.00. The first-order valence-electron chi connectivity index (χ1n) is 12.7. The van der Waals surface area contributed by atoms with Crippen molar-refractivity contribution >= 4 is 7.26 Å². The van der Waals surface area contributed by atoms with Crippen LogP contribution in [0.5, 0.6) is 0 Å². The zero-order valence-corrected chi connectivity index (χ0v) is 21.1. The van der Waals surface area contributed by atoms with E-state index < -0.39 is 7.26 Å². The van der Waals surface area contributed by atoms with Gasteiger partial charge in [0.15, 0.2) is 0 Å². The molecule has 0 saturated heterocycles. The Morgan fingerprint density at radius 3 is 0.852 bits per heavy atom. The summed E-state index contributed by atoms with van der Waals surface area (Å²) in [5.41, 5.74) is 0. The van der Waals surface area contributed by atoms with Crippen LogP contribution in [0.2, 0.25) is 0 Å². The summed E-state index contributed by atoms with van der Waals surface area (Å²) < 4.78 is 0. The van der Waals surface area contributed by atoms with Crippen LogP contribution in [0.15, 0.2) is 0 Å². The molecule has 0 radical (unpaired) electrons. The van der Waals surface area contributed by atoms with E-state index in [2.05, 4.69) is 27.4 Å². The van der Waals surface area contributed by atoms with Crippen LogP contribution in [0.25, 0.3) is 0 Å². The van der Waals surface area contributed by atoms with Crippen LogP contribution in [0.3, 0.4) is 0 Å². The van der Waals surface area contributed by atoms with Crippen molar-refractivity contribution in [3.05, 3.63) is 0 Å². The minimum absolute atomic E-state index is 0. The molecule has 0 rings (SSSR count). The summed E-state index contributed by atoms with van der Waals surface area (Å²) in [7, 11) is -0.955. The Labute approximate surface area is 175 Å². The van der Waals surface area contributed by atoms with Gasteiger partial charge in [-0.3, -0.25) is 0 Å². The van der Waals surface area contributed by atoms with Crippen molar-refractivity contribution in [3.63, 3.8) is 0 Å². The SMILES string of the molecule is CCCCCCCC[PH](C)(CCCCCCCC)CCCCCCCC.N. The summed E-state index contributed by atoms with van der Waals surface area (Å²) in [6.07, 6.45) is 31.4. The monoisotopic (exact) mass is 403 g/mol. The van der Waals surface area contributed by atoms with Gasteiger partial charge < -0.3 is 6.15 Å². The Bertz CT molecular complexity index is 226. The summed E-state index contributed by atoms with van der Waals surface area (Å²) >= 11 is 0. The van der Waals surface area contributed by atoms with E-state index >= 15 is 0 Å². The zero-order chi connectivity index (χ0) is 19.3. The van der Waals surface area contributed by atoms with Crippen LogP contribution in [0, 0.1) is 0 Å². The van der Waals surface area contributed by atoms with Crippen molar-refractivity contribution in [1.82, 2.24) is 6.15 Å². The van der Waals surface area contributed by atoms with Gasteiger partial charge in [0.2, 0.25) is 0 Å². The first kappa shape index (κ1) is 29.6. The summed E-state index contributed by atoms with van der Waals surface area (Å²) in [4.78, 5) is 0. The van der Waals surface area contributed by atoms with Gasteiger partial charge in [0.1, 0.15) is 0 Å². The maximum Gasteiger partial charge on any atom is -0.344 e. The molecule has 27 heavy (non-hydrogen) atoms. The first-order chi connectivity index (χ1) is 12.7. The Balaban J connectivity index is 0. The van der Waals surface area contributed by atoms with Gasteiger partial charge in [-0.05, 0) is 0 Å². The maximum absolute atomic E-state index is 2.76. The fourth-order valence-electron chi connectivity index (χ4n) is 4.37. The van der Waals surface area contributed by atoms with E-state index in [9.17, 15) is 0 Å². The molecule has 0 aliphatic heterocycles. The Morgan fingerprint density at radius 1 is 0.370 bits per heavy atom. The van der Waals surface area contributed by atoms with Crippen LogP contribution in [0.4, 0.5) is 0 Å². The molecule has 0 bridgehead atoms. The maximum atomic E-state index is 2.76. The first-order valence-corrected chi connectivity index (χ1v) is 15.8. The van der Waals surface area contributed by atoms with Crippen LogP contribution in [-0.2, 0) is 0 Å². The van der Waals surface area contributed by atoms with E-state index in [0.717, 1.165) is 0 Å². The average molecular weight is 404 g/mol. The molecule has 0 aromatic heterocycles. The predicted octanol–water partition coefficient (Wildman–Crippen LogP) is 9.61. The van der Waals surface area contributed by atoms with Crippen molar-refractivity contribution in [2.75, 3.05) is 25.2 Å². The second-order valence-corrected chi connectivity index (χ2v) is 14.5. The van der Waals surface area contributed by atoms with E-state index in [-0.39, 0.29) is 6.15 Å². The Hall–Kier alpha value is 0.390. The number of hydrogen-bond acceptors (Lipinski definition) is 1. The van der Waals surface area contributed by atoms with Gasteiger partial charge in [-0.15, -0.1) is 0 Å². The molecule has 0 aromatic carbocycles. The van der Waals surface area contributed by atoms with E-state index in [1.807, 2.05) is 0 Å². The average Bonchev–Trinajstić information content (AvgIpc) is 2.64. The third-order valence-corrected chi connectivity index (χ3v) is 11.1. The molecule has 0 aliphatic rings. The molecule has 0 aromatic rings. The molecule has 3 N–H and O–H groups in total. The molecular weight excluding hydrogens is 345 g/mol. The molecule has 0 heterocycles. The van der Waals surface area contributed by atoms with Crippen LogP contribution >= 0.6 is 7.26 Å². The summed E-state index contributed by atoms with van der Waals surface area (Å²) in [6.45, 7) is 9.73. The fourth-order valence-corrected chi connectivity index (χ4v) is 8.43. The molecule has 0 atom stereocenters. The molecular formula is C25H58NP. The third kappa shape index (κ3) is 20.9. The van der Waals surface area contributed by atoms with Crippen molar-refractivity contribution in [3.8, 4) is 0 Å². The summed E-state index contributed by atoms with van der Waals surface area (Å²) in [5, 5.41) is 0. The largest absolute Gasteiger partial charge is 0.344 e. The van der Waals surface area contributed by atoms with E-state index in [0.29, 0.717) is 0 Å². The Kier molecular flexibility index (Phi) is 24.9. The van der Waals surface area contributed by atoms with Gasteiger partial charge in [-0.25, -0.2) is 0 Å². The normalized spacial score (nSPS) is 12.1. The minimum atomic E-state index is -0.955. The van der Waals surface area contributed by atoms with Gasteiger partial charge in [0.25, 0.3) is 0 Å². The quantitative estimate of drug-likeness (QED) is 0.150. The third-order valence-electron chi connectivity index (χ3n) is 6.40. The van der Waals surface area contributed by atoms with E-state index in [4.69, 9.17) is 0 Å². The van der Waals surface area contributed by atoms with Crippen molar-refractivity contribution in [2.24, 2.45) is 0 Å². The smallest absolute Gasteiger partial charge is 0.344 e. The van der Waals surface area contributed by atoms with Crippen LogP contribution in [-0.4, -0.2) is 25.2 Å². The van der Waals surface area contributed by atoms with Gasteiger partial charge in [0, 0.05) is 0 Å². The molecule has 0 unspecified atom stereocenters. The van der Waals surface area contributed by atoms with E-state index in [1.54, 1.807) is 18.5 Å². The molecule has 1 nitrogen and oxygen atoms in total. The summed E-state index contributed by atoms with van der Waals surface area (Å²) in [6, 6.07) is 0. The van der Waals surface area contributed by atoms with Gasteiger partial charge >= 0.3 is 169 Å². The number of rotatable bonds is 21. The standard InChI is InChI=1S/C25H55P.H3N/c1-5-8-11-14-17-20-23-26(4,24-21-18-15-12-9-6-2)25-22-19-16-13-10-7-3;/h26H,5-25H2,1-4H3;1H3. The second-order valence-electron chi connectivity index (χ2n) is 9.36. The van der Waals surface area contributed by atoms with Crippen LogP contribution < -0.4 is 6.15 Å². The van der Waals surface area contributed by atoms with Crippen molar-refractivity contribution < 1.29 is 0 Å². The number of hydrogen-bond donors (Lipinski definition) is 1. The molecule has 0 fully saturated rings. The topological polar surface area (TPSA) is 35.0 Å². The molecule has 0 amide bonds. The van der Waals surface area contributed by atoms with Gasteiger partial charge in [-0.1, -0.05) is 0 Å². The molecule has 0 spiro atoms. The Morgan fingerprint density at radius 2 is 0.593 bits per heavy atom. The zero-order valence-electron chi connectivity index (χ0n) is 20.1. The second kappa shape index (κ2) is 22.7. The minimum Gasteiger partial charge on any atom is -0.344 e. The van der Waals surface area contributed by atoms with Gasteiger partial charge in [0.05, 0.1) is 0 Å². The summed E-state index contributed by atoms with van der Waals surface area (Å²) in [5.74, 6) is 0. The van der Waals surface area contributed by atoms with Crippen LogP contribution in [0.1, 0.15) is 136 Å². The molecule has 0 aliphatic carbocycles.